The summed E-state index contributed by atoms with van der Waals surface area (Å²) in [6.07, 6.45) is 4.28. The number of amides is 3. The van der Waals surface area contributed by atoms with Crippen molar-refractivity contribution in [3.05, 3.63) is 29.3 Å². The van der Waals surface area contributed by atoms with E-state index in [9.17, 15) is 14.4 Å². The molecule has 2 saturated heterocycles. The molecule has 1 N–H and O–H groups in total. The summed E-state index contributed by atoms with van der Waals surface area (Å²) in [7, 11) is 0. The zero-order chi connectivity index (χ0) is 20.6. The highest BCUT2D eigenvalue weighted by Crippen LogP contribution is 2.34. The van der Waals surface area contributed by atoms with Crippen LogP contribution in [0.1, 0.15) is 61.4 Å². The van der Waals surface area contributed by atoms with E-state index in [-0.39, 0.29) is 36.7 Å². The summed E-state index contributed by atoms with van der Waals surface area (Å²) in [6, 6.07) is 5.77. The molecule has 0 aliphatic carbocycles. The molecule has 4 rings (SSSR count). The Labute approximate surface area is 171 Å². The fourth-order valence-electron chi connectivity index (χ4n) is 4.57. The third kappa shape index (κ3) is 3.95. The van der Waals surface area contributed by atoms with Gasteiger partial charge >= 0.3 is 0 Å². The van der Waals surface area contributed by atoms with Gasteiger partial charge in [0, 0.05) is 38.4 Å². The summed E-state index contributed by atoms with van der Waals surface area (Å²) in [5.41, 5.74) is 0.619. The second-order valence-electron chi connectivity index (χ2n) is 8.55. The lowest BCUT2D eigenvalue weighted by Crippen LogP contribution is -2.56. The van der Waals surface area contributed by atoms with E-state index in [1.165, 1.54) is 0 Å². The van der Waals surface area contributed by atoms with Gasteiger partial charge in [-0.05, 0) is 45.2 Å². The minimum Gasteiger partial charge on any atom is -0.467 e. The first-order chi connectivity index (χ1) is 13.9. The van der Waals surface area contributed by atoms with Gasteiger partial charge in [-0.3, -0.25) is 14.4 Å². The van der Waals surface area contributed by atoms with E-state index in [4.69, 9.17) is 4.74 Å². The van der Waals surface area contributed by atoms with Crippen molar-refractivity contribution in [3.63, 3.8) is 0 Å². The van der Waals surface area contributed by atoms with Crippen LogP contribution < -0.4 is 10.1 Å². The number of likely N-dealkylation sites (tertiary alicyclic amines) is 2. The number of fused-ring (bicyclic) bond motifs is 1. The van der Waals surface area contributed by atoms with E-state index in [0.717, 1.165) is 31.4 Å². The van der Waals surface area contributed by atoms with Gasteiger partial charge in [-0.2, -0.15) is 0 Å². The van der Waals surface area contributed by atoms with Crippen molar-refractivity contribution in [3.8, 4) is 5.75 Å². The first kappa shape index (κ1) is 19.7. The molecule has 1 aromatic carbocycles. The van der Waals surface area contributed by atoms with Crippen LogP contribution in [0.4, 0.5) is 0 Å². The molecule has 0 aromatic heterocycles. The summed E-state index contributed by atoms with van der Waals surface area (Å²) in [5, 5.41) is 2.98. The van der Waals surface area contributed by atoms with Crippen molar-refractivity contribution < 1.29 is 19.1 Å². The number of rotatable bonds is 2. The van der Waals surface area contributed by atoms with Crippen molar-refractivity contribution in [2.24, 2.45) is 0 Å². The van der Waals surface area contributed by atoms with Gasteiger partial charge in [0.05, 0.1) is 12.1 Å². The highest BCUT2D eigenvalue weighted by atomic mass is 16.5. The molecule has 7 nitrogen and oxygen atoms in total. The molecule has 0 radical (unpaired) electrons. The SMILES string of the molecule is Cc1ccc2c(c1)C(=O)N[C@]1(CCC(=O)N(CC(=O)N3CCCC[C@H]3C)CC1)O2. The second-order valence-corrected chi connectivity index (χ2v) is 8.55. The molecular formula is C22H29N3O4. The van der Waals surface area contributed by atoms with Crippen LogP contribution in [0.2, 0.25) is 0 Å². The van der Waals surface area contributed by atoms with Crippen molar-refractivity contribution in [2.45, 2.75) is 64.1 Å². The minimum atomic E-state index is -0.898. The van der Waals surface area contributed by atoms with Crippen molar-refractivity contribution in [2.75, 3.05) is 19.6 Å². The molecule has 3 heterocycles. The average molecular weight is 399 g/mol. The Balaban J connectivity index is 1.45. The van der Waals surface area contributed by atoms with Gasteiger partial charge in [0.15, 0.2) is 5.72 Å². The number of hydrogen-bond donors (Lipinski definition) is 1. The predicted octanol–water partition coefficient (Wildman–Crippen LogP) is 2.23. The van der Waals surface area contributed by atoms with Crippen LogP contribution in [-0.4, -0.2) is 58.9 Å². The van der Waals surface area contributed by atoms with Crippen molar-refractivity contribution >= 4 is 17.7 Å². The summed E-state index contributed by atoms with van der Waals surface area (Å²) in [6.45, 7) is 5.25. The Morgan fingerprint density at radius 3 is 2.86 bits per heavy atom. The maximum absolute atomic E-state index is 12.8. The fraction of sp³-hybridized carbons (Fsp3) is 0.591. The van der Waals surface area contributed by atoms with Gasteiger partial charge in [-0.15, -0.1) is 0 Å². The monoisotopic (exact) mass is 399 g/mol. The fourth-order valence-corrected chi connectivity index (χ4v) is 4.57. The normalized spacial score (nSPS) is 27.2. The number of piperidine rings is 1. The Morgan fingerprint density at radius 1 is 1.24 bits per heavy atom. The molecule has 3 aliphatic heterocycles. The quantitative estimate of drug-likeness (QED) is 0.827. The molecule has 2 fully saturated rings. The van der Waals surface area contributed by atoms with Crippen molar-refractivity contribution in [1.29, 1.82) is 0 Å². The number of carbonyl (C=O) groups excluding carboxylic acids is 3. The smallest absolute Gasteiger partial charge is 0.258 e. The highest BCUT2D eigenvalue weighted by Gasteiger charge is 2.43. The van der Waals surface area contributed by atoms with Crippen LogP contribution in [0.15, 0.2) is 18.2 Å². The van der Waals surface area contributed by atoms with Crippen LogP contribution >= 0.6 is 0 Å². The molecule has 3 aliphatic rings. The second kappa shape index (κ2) is 7.69. The largest absolute Gasteiger partial charge is 0.467 e. The van der Waals surface area contributed by atoms with Crippen LogP contribution in [0.5, 0.6) is 5.75 Å². The van der Waals surface area contributed by atoms with E-state index in [2.05, 4.69) is 12.2 Å². The number of nitrogens with zero attached hydrogens (tertiary/aromatic N) is 2. The van der Waals surface area contributed by atoms with E-state index < -0.39 is 5.72 Å². The third-order valence-electron chi connectivity index (χ3n) is 6.36. The van der Waals surface area contributed by atoms with Gasteiger partial charge in [-0.1, -0.05) is 11.6 Å². The molecule has 1 aromatic rings. The van der Waals surface area contributed by atoms with Crippen LogP contribution in [0.25, 0.3) is 0 Å². The van der Waals surface area contributed by atoms with E-state index in [1.807, 2.05) is 30.0 Å². The van der Waals surface area contributed by atoms with E-state index >= 15 is 0 Å². The Kier molecular flexibility index (Phi) is 5.23. The zero-order valence-electron chi connectivity index (χ0n) is 17.2. The van der Waals surface area contributed by atoms with Gasteiger partial charge < -0.3 is 19.9 Å². The molecule has 3 amide bonds. The van der Waals surface area contributed by atoms with Gasteiger partial charge in [-0.25, -0.2) is 0 Å². The molecule has 7 heteroatoms. The highest BCUT2D eigenvalue weighted by molar-refractivity contribution is 5.98. The zero-order valence-corrected chi connectivity index (χ0v) is 17.2. The molecule has 0 unspecified atom stereocenters. The minimum absolute atomic E-state index is 0.0101. The molecule has 0 bridgehead atoms. The average Bonchev–Trinajstić information content (AvgIpc) is 2.83. The molecule has 29 heavy (non-hydrogen) atoms. The van der Waals surface area contributed by atoms with Crippen molar-refractivity contribution in [1.82, 2.24) is 15.1 Å². The number of aryl methyl sites for hydroxylation is 1. The lowest BCUT2D eigenvalue weighted by molar-refractivity contribution is -0.142. The summed E-state index contributed by atoms with van der Waals surface area (Å²) >= 11 is 0. The molecule has 0 saturated carbocycles. The summed E-state index contributed by atoms with van der Waals surface area (Å²) < 4.78 is 6.19. The molecular weight excluding hydrogens is 370 g/mol. The summed E-state index contributed by atoms with van der Waals surface area (Å²) in [4.78, 5) is 41.7. The lowest BCUT2D eigenvalue weighted by atomic mass is 9.99. The topological polar surface area (TPSA) is 79.0 Å². The van der Waals surface area contributed by atoms with E-state index in [0.29, 0.717) is 30.7 Å². The Morgan fingerprint density at radius 2 is 2.07 bits per heavy atom. The number of carbonyl (C=O) groups is 3. The van der Waals surface area contributed by atoms with Crippen LogP contribution in [0.3, 0.4) is 0 Å². The van der Waals surface area contributed by atoms with Gasteiger partial charge in [0.2, 0.25) is 11.8 Å². The number of ether oxygens (including phenoxy) is 1. The standard InChI is InChI=1S/C22H29N3O4/c1-15-6-7-18-17(13-15)21(28)23-22(29-18)9-8-19(26)24(12-10-22)14-20(27)25-11-4-3-5-16(25)2/h6-7,13,16H,3-5,8-12,14H2,1-2H3,(H,23,28)/t16-,22-/m1/s1. The van der Waals surface area contributed by atoms with Crippen LogP contribution in [-0.2, 0) is 9.59 Å². The first-order valence-electron chi connectivity index (χ1n) is 10.6. The van der Waals surface area contributed by atoms with Gasteiger partial charge in [0.25, 0.3) is 5.91 Å². The van der Waals surface area contributed by atoms with Crippen LogP contribution in [0, 0.1) is 6.92 Å². The maximum atomic E-state index is 12.8. The molecule has 156 valence electrons. The lowest BCUT2D eigenvalue weighted by Gasteiger charge is -2.38. The predicted molar refractivity (Wildman–Crippen MR) is 107 cm³/mol. The first-order valence-corrected chi connectivity index (χ1v) is 10.6. The van der Waals surface area contributed by atoms with E-state index in [1.54, 1.807) is 4.90 Å². The van der Waals surface area contributed by atoms with Gasteiger partial charge in [0.1, 0.15) is 5.75 Å². The molecule has 1 spiro atoms. The molecule has 2 atom stereocenters. The number of nitrogens with one attached hydrogen (secondary N) is 1. The maximum Gasteiger partial charge on any atom is 0.258 e. The third-order valence-corrected chi connectivity index (χ3v) is 6.36. The summed E-state index contributed by atoms with van der Waals surface area (Å²) in [5.74, 6) is 0.330. The Hall–Kier alpha value is -2.57. The number of benzene rings is 1. The number of hydrogen-bond acceptors (Lipinski definition) is 4. The Bertz CT molecular complexity index is 839.